The fourth-order valence-corrected chi connectivity index (χ4v) is 2.45. The van der Waals surface area contributed by atoms with Crippen LogP contribution < -0.4 is 14.8 Å². The molecule has 21 heavy (non-hydrogen) atoms. The predicted octanol–water partition coefficient (Wildman–Crippen LogP) is 3.73. The summed E-state index contributed by atoms with van der Waals surface area (Å²) in [6.07, 6.45) is 0.0187. The molecule has 0 bridgehead atoms. The summed E-state index contributed by atoms with van der Waals surface area (Å²) in [4.78, 5) is 0. The Bertz CT molecular complexity index is 566. The molecule has 0 aliphatic rings. The SMILES string of the molecule is CNC(c1ccc(OC)cc1)C(C)Oc1cccc(C)c1. The summed E-state index contributed by atoms with van der Waals surface area (Å²) in [5.41, 5.74) is 2.38. The molecule has 0 fully saturated rings. The average molecular weight is 285 g/mol. The lowest BCUT2D eigenvalue weighted by atomic mass is 10.0. The lowest BCUT2D eigenvalue weighted by molar-refractivity contribution is 0.175. The molecular weight excluding hydrogens is 262 g/mol. The normalized spacial score (nSPS) is 13.5. The van der Waals surface area contributed by atoms with Crippen LogP contribution >= 0.6 is 0 Å². The van der Waals surface area contributed by atoms with E-state index in [1.165, 1.54) is 11.1 Å². The van der Waals surface area contributed by atoms with Crippen molar-refractivity contribution in [2.45, 2.75) is 26.0 Å². The second-order valence-corrected chi connectivity index (χ2v) is 5.18. The highest BCUT2D eigenvalue weighted by atomic mass is 16.5. The van der Waals surface area contributed by atoms with E-state index in [1.807, 2.05) is 31.3 Å². The van der Waals surface area contributed by atoms with Gasteiger partial charge >= 0.3 is 0 Å². The van der Waals surface area contributed by atoms with E-state index in [-0.39, 0.29) is 12.1 Å². The van der Waals surface area contributed by atoms with E-state index >= 15 is 0 Å². The maximum Gasteiger partial charge on any atom is 0.120 e. The summed E-state index contributed by atoms with van der Waals surface area (Å²) in [6, 6.07) is 16.3. The Morgan fingerprint density at radius 1 is 1.00 bits per heavy atom. The van der Waals surface area contributed by atoms with Crippen molar-refractivity contribution >= 4 is 0 Å². The standard InChI is InChI=1S/C18H23NO2/c1-13-6-5-7-17(12-13)21-14(2)18(19-3)15-8-10-16(20-4)11-9-15/h5-12,14,18-19H,1-4H3. The Kier molecular flexibility index (Phi) is 5.23. The first-order valence-corrected chi connectivity index (χ1v) is 7.18. The Labute approximate surface area is 126 Å². The largest absolute Gasteiger partial charge is 0.497 e. The summed E-state index contributed by atoms with van der Waals surface area (Å²) in [5.74, 6) is 1.76. The fraction of sp³-hybridized carbons (Fsp3) is 0.333. The molecule has 2 unspecified atom stereocenters. The van der Waals surface area contributed by atoms with Crippen LogP contribution in [0.15, 0.2) is 48.5 Å². The number of nitrogens with one attached hydrogen (secondary N) is 1. The number of aryl methyl sites for hydroxylation is 1. The molecule has 1 N–H and O–H groups in total. The maximum absolute atomic E-state index is 6.07. The topological polar surface area (TPSA) is 30.5 Å². The van der Waals surface area contributed by atoms with Crippen LogP contribution in [0.1, 0.15) is 24.1 Å². The average Bonchev–Trinajstić information content (AvgIpc) is 2.48. The van der Waals surface area contributed by atoms with Crippen LogP contribution in [-0.4, -0.2) is 20.3 Å². The summed E-state index contributed by atoms with van der Waals surface area (Å²) in [5, 5.41) is 3.32. The molecule has 2 aromatic carbocycles. The molecule has 0 amide bonds. The number of benzene rings is 2. The summed E-state index contributed by atoms with van der Waals surface area (Å²) < 4.78 is 11.3. The third-order valence-corrected chi connectivity index (χ3v) is 3.57. The minimum atomic E-state index is 0.0187. The van der Waals surface area contributed by atoms with Gasteiger partial charge in [-0.05, 0) is 56.3 Å². The van der Waals surface area contributed by atoms with Crippen molar-refractivity contribution in [1.82, 2.24) is 5.32 Å². The third-order valence-electron chi connectivity index (χ3n) is 3.57. The quantitative estimate of drug-likeness (QED) is 0.877. The predicted molar refractivity (Wildman–Crippen MR) is 86.1 cm³/mol. The van der Waals surface area contributed by atoms with Crippen LogP contribution in [0.5, 0.6) is 11.5 Å². The van der Waals surface area contributed by atoms with Crippen LogP contribution in [-0.2, 0) is 0 Å². The zero-order valence-corrected chi connectivity index (χ0v) is 13.1. The molecular formula is C18H23NO2. The Morgan fingerprint density at radius 2 is 1.71 bits per heavy atom. The molecule has 0 heterocycles. The fourth-order valence-electron chi connectivity index (χ4n) is 2.45. The van der Waals surface area contributed by atoms with Crippen molar-refractivity contribution in [3.05, 3.63) is 59.7 Å². The van der Waals surface area contributed by atoms with Gasteiger partial charge < -0.3 is 14.8 Å². The number of hydrogen-bond acceptors (Lipinski definition) is 3. The minimum absolute atomic E-state index is 0.0187. The van der Waals surface area contributed by atoms with Crippen LogP contribution in [0.2, 0.25) is 0 Å². The van der Waals surface area contributed by atoms with Crippen molar-refractivity contribution in [3.63, 3.8) is 0 Å². The van der Waals surface area contributed by atoms with E-state index < -0.39 is 0 Å². The first kappa shape index (κ1) is 15.4. The molecule has 0 aliphatic heterocycles. The number of rotatable bonds is 6. The molecule has 0 radical (unpaired) electrons. The molecule has 112 valence electrons. The van der Waals surface area contributed by atoms with Gasteiger partial charge in [0.2, 0.25) is 0 Å². The first-order chi connectivity index (χ1) is 10.1. The molecule has 2 atom stereocenters. The van der Waals surface area contributed by atoms with Gasteiger partial charge in [0.05, 0.1) is 13.2 Å². The minimum Gasteiger partial charge on any atom is -0.497 e. The lowest BCUT2D eigenvalue weighted by Crippen LogP contribution is -2.31. The summed E-state index contributed by atoms with van der Waals surface area (Å²) >= 11 is 0. The highest BCUT2D eigenvalue weighted by Crippen LogP contribution is 2.24. The molecule has 0 aliphatic carbocycles. The molecule has 2 aromatic rings. The van der Waals surface area contributed by atoms with Crippen LogP contribution in [0.25, 0.3) is 0 Å². The van der Waals surface area contributed by atoms with Gasteiger partial charge in [0, 0.05) is 0 Å². The van der Waals surface area contributed by atoms with Crippen molar-refractivity contribution in [3.8, 4) is 11.5 Å². The summed E-state index contributed by atoms with van der Waals surface area (Å²) in [6.45, 7) is 4.14. The molecule has 0 aromatic heterocycles. The molecule has 0 saturated heterocycles. The van der Waals surface area contributed by atoms with E-state index in [4.69, 9.17) is 9.47 Å². The Morgan fingerprint density at radius 3 is 2.29 bits per heavy atom. The number of methoxy groups -OCH3 is 1. The van der Waals surface area contributed by atoms with Gasteiger partial charge in [-0.1, -0.05) is 24.3 Å². The first-order valence-electron chi connectivity index (χ1n) is 7.18. The van der Waals surface area contributed by atoms with E-state index in [2.05, 4.69) is 43.4 Å². The van der Waals surface area contributed by atoms with Crippen molar-refractivity contribution < 1.29 is 9.47 Å². The third kappa shape index (κ3) is 3.99. The Hall–Kier alpha value is -2.00. The second-order valence-electron chi connectivity index (χ2n) is 5.18. The zero-order valence-electron chi connectivity index (χ0n) is 13.1. The Balaban J connectivity index is 2.12. The maximum atomic E-state index is 6.07. The van der Waals surface area contributed by atoms with E-state index in [9.17, 15) is 0 Å². The highest BCUT2D eigenvalue weighted by molar-refractivity contribution is 5.31. The van der Waals surface area contributed by atoms with Gasteiger partial charge in [-0.2, -0.15) is 0 Å². The van der Waals surface area contributed by atoms with Gasteiger partial charge in [-0.15, -0.1) is 0 Å². The van der Waals surface area contributed by atoms with Gasteiger partial charge in [0.25, 0.3) is 0 Å². The number of likely N-dealkylation sites (N-methyl/N-ethyl adjacent to an activating group) is 1. The van der Waals surface area contributed by atoms with Crippen LogP contribution in [0.4, 0.5) is 0 Å². The van der Waals surface area contributed by atoms with Crippen molar-refractivity contribution in [1.29, 1.82) is 0 Å². The van der Waals surface area contributed by atoms with Crippen LogP contribution in [0.3, 0.4) is 0 Å². The molecule has 3 heteroatoms. The summed E-state index contributed by atoms with van der Waals surface area (Å²) in [7, 11) is 3.62. The van der Waals surface area contributed by atoms with E-state index in [0.717, 1.165) is 11.5 Å². The van der Waals surface area contributed by atoms with Gasteiger partial charge in [0.15, 0.2) is 0 Å². The van der Waals surface area contributed by atoms with Gasteiger partial charge in [-0.25, -0.2) is 0 Å². The lowest BCUT2D eigenvalue weighted by Gasteiger charge is -2.25. The number of ether oxygens (including phenoxy) is 2. The smallest absolute Gasteiger partial charge is 0.120 e. The van der Waals surface area contributed by atoms with Gasteiger partial charge in [-0.3, -0.25) is 0 Å². The molecule has 0 saturated carbocycles. The number of hydrogen-bond donors (Lipinski definition) is 1. The zero-order chi connectivity index (χ0) is 15.2. The monoisotopic (exact) mass is 285 g/mol. The second kappa shape index (κ2) is 7.14. The van der Waals surface area contributed by atoms with Gasteiger partial charge in [0.1, 0.15) is 17.6 Å². The highest BCUT2D eigenvalue weighted by Gasteiger charge is 2.19. The molecule has 0 spiro atoms. The van der Waals surface area contributed by atoms with Crippen molar-refractivity contribution in [2.24, 2.45) is 0 Å². The van der Waals surface area contributed by atoms with Crippen molar-refractivity contribution in [2.75, 3.05) is 14.2 Å². The molecule has 2 rings (SSSR count). The molecule has 3 nitrogen and oxygen atoms in total. The van der Waals surface area contributed by atoms with E-state index in [0.29, 0.717) is 0 Å². The van der Waals surface area contributed by atoms with E-state index in [1.54, 1.807) is 7.11 Å². The van der Waals surface area contributed by atoms with Crippen LogP contribution in [0, 0.1) is 6.92 Å².